The maximum absolute atomic E-state index is 12.2. The fourth-order valence-corrected chi connectivity index (χ4v) is 4.15. The fourth-order valence-electron chi connectivity index (χ4n) is 3.61. The first-order valence-electron chi connectivity index (χ1n) is 8.15. The molecule has 0 saturated carbocycles. The Morgan fingerprint density at radius 2 is 2.04 bits per heavy atom. The van der Waals surface area contributed by atoms with Crippen LogP contribution < -0.4 is 21.1 Å². The Kier molecular flexibility index (Phi) is 4.05. The lowest BCUT2D eigenvalue weighted by atomic mass is 10.0. The fraction of sp³-hybridized carbons (Fsp3) is 0.412. The normalized spacial score (nSPS) is 22.7. The van der Waals surface area contributed by atoms with Crippen molar-refractivity contribution in [1.29, 1.82) is 0 Å². The van der Waals surface area contributed by atoms with Gasteiger partial charge in [-0.25, -0.2) is 4.98 Å². The molecule has 0 bridgehead atoms. The van der Waals surface area contributed by atoms with E-state index < -0.39 is 0 Å². The number of nitrogens with one attached hydrogen (secondary N) is 2. The van der Waals surface area contributed by atoms with Gasteiger partial charge in [0.15, 0.2) is 0 Å². The van der Waals surface area contributed by atoms with Crippen LogP contribution in [0.1, 0.15) is 0 Å². The lowest BCUT2D eigenvalue weighted by Crippen LogP contribution is -2.25. The Balaban J connectivity index is 1.50. The Morgan fingerprint density at radius 3 is 2.71 bits per heavy atom. The van der Waals surface area contributed by atoms with Crippen LogP contribution in [-0.2, 0) is 7.05 Å². The number of hydrogen-bond acceptors (Lipinski definition) is 5. The van der Waals surface area contributed by atoms with Gasteiger partial charge in [-0.05, 0) is 46.0 Å². The smallest absolute Gasteiger partial charge is 0.274 e. The monoisotopic (exact) mass is 389 g/mol. The van der Waals surface area contributed by atoms with Gasteiger partial charge in [-0.2, -0.15) is 0 Å². The molecule has 2 unspecified atom stereocenters. The van der Waals surface area contributed by atoms with Crippen LogP contribution in [0.3, 0.4) is 0 Å². The molecular formula is C17H20BrN5O. The lowest BCUT2D eigenvalue weighted by molar-refractivity contribution is 0.533. The Bertz CT molecular complexity index is 792. The third-order valence-electron chi connectivity index (χ3n) is 4.92. The van der Waals surface area contributed by atoms with Crippen LogP contribution >= 0.6 is 15.9 Å². The van der Waals surface area contributed by atoms with Crippen LogP contribution in [0, 0.1) is 11.8 Å². The number of anilines is 3. The first kappa shape index (κ1) is 15.7. The van der Waals surface area contributed by atoms with Gasteiger partial charge in [0.05, 0.1) is 11.9 Å². The summed E-state index contributed by atoms with van der Waals surface area (Å²) >= 11 is 3.41. The third kappa shape index (κ3) is 2.93. The summed E-state index contributed by atoms with van der Waals surface area (Å²) in [5, 5.41) is 6.57. The minimum Gasteiger partial charge on any atom is -0.370 e. The summed E-state index contributed by atoms with van der Waals surface area (Å²) in [6.07, 6.45) is 3.63. The molecule has 0 aliphatic carbocycles. The van der Waals surface area contributed by atoms with Crippen molar-refractivity contribution < 1.29 is 0 Å². The predicted octanol–water partition coefficient (Wildman–Crippen LogP) is 1.94. The highest BCUT2D eigenvalue weighted by atomic mass is 79.9. The first-order valence-corrected chi connectivity index (χ1v) is 8.94. The third-order valence-corrected chi connectivity index (χ3v) is 5.35. The van der Waals surface area contributed by atoms with E-state index in [0.717, 1.165) is 48.2 Å². The SMILES string of the molecule is Cn1cc(Br)cc(Nc2ccc(N3CC4CNCC4C3)cn2)c1=O. The Hall–Kier alpha value is -1.86. The molecule has 126 valence electrons. The summed E-state index contributed by atoms with van der Waals surface area (Å²) < 4.78 is 2.39. The van der Waals surface area contributed by atoms with Gasteiger partial charge in [-0.1, -0.05) is 0 Å². The quantitative estimate of drug-likeness (QED) is 0.839. The minimum absolute atomic E-state index is 0.0797. The van der Waals surface area contributed by atoms with Gasteiger partial charge in [-0.3, -0.25) is 4.79 Å². The number of pyridine rings is 2. The highest BCUT2D eigenvalue weighted by Crippen LogP contribution is 2.30. The van der Waals surface area contributed by atoms with Gasteiger partial charge in [-0.15, -0.1) is 0 Å². The van der Waals surface area contributed by atoms with E-state index >= 15 is 0 Å². The van der Waals surface area contributed by atoms with E-state index in [1.807, 2.05) is 12.3 Å². The van der Waals surface area contributed by atoms with E-state index in [2.05, 4.69) is 42.5 Å². The molecule has 0 aromatic carbocycles. The zero-order chi connectivity index (χ0) is 16.7. The second-order valence-electron chi connectivity index (χ2n) is 6.60. The first-order chi connectivity index (χ1) is 11.6. The molecule has 6 nitrogen and oxygen atoms in total. The van der Waals surface area contributed by atoms with Gasteiger partial charge >= 0.3 is 0 Å². The number of aryl methyl sites for hydroxylation is 1. The van der Waals surface area contributed by atoms with Crippen LogP contribution in [0.2, 0.25) is 0 Å². The van der Waals surface area contributed by atoms with Crippen molar-refractivity contribution in [2.24, 2.45) is 18.9 Å². The van der Waals surface area contributed by atoms with E-state index in [1.54, 1.807) is 19.3 Å². The average Bonchev–Trinajstić information content (AvgIpc) is 3.14. The van der Waals surface area contributed by atoms with E-state index in [4.69, 9.17) is 0 Å². The molecule has 2 saturated heterocycles. The van der Waals surface area contributed by atoms with Gasteiger partial charge in [0, 0.05) is 43.9 Å². The Morgan fingerprint density at radius 1 is 1.29 bits per heavy atom. The second-order valence-corrected chi connectivity index (χ2v) is 7.51. The van der Waals surface area contributed by atoms with Crippen molar-refractivity contribution in [2.75, 3.05) is 36.4 Å². The van der Waals surface area contributed by atoms with Gasteiger partial charge < -0.3 is 20.1 Å². The number of fused-ring (bicyclic) bond motifs is 1. The van der Waals surface area contributed by atoms with Crippen molar-refractivity contribution in [3.8, 4) is 0 Å². The molecule has 4 rings (SSSR count). The van der Waals surface area contributed by atoms with E-state index in [-0.39, 0.29) is 5.56 Å². The standard InChI is InChI=1S/C17H20BrN5O/c1-22-10-13(18)4-15(17(22)24)21-16-3-2-14(7-20-16)23-8-11-5-19-6-12(11)9-23/h2-4,7,10-12,19H,5-6,8-9H2,1H3,(H,20,21). The summed E-state index contributed by atoms with van der Waals surface area (Å²) in [4.78, 5) is 19.0. The molecule has 2 aliphatic rings. The predicted molar refractivity (Wildman–Crippen MR) is 99.0 cm³/mol. The van der Waals surface area contributed by atoms with Crippen molar-refractivity contribution in [3.63, 3.8) is 0 Å². The van der Waals surface area contributed by atoms with Crippen LogP contribution in [0.25, 0.3) is 0 Å². The average molecular weight is 390 g/mol. The number of rotatable bonds is 3. The highest BCUT2D eigenvalue weighted by molar-refractivity contribution is 9.10. The zero-order valence-corrected chi connectivity index (χ0v) is 15.1. The molecule has 24 heavy (non-hydrogen) atoms. The summed E-state index contributed by atoms with van der Waals surface area (Å²) in [7, 11) is 1.73. The molecule has 2 fully saturated rings. The number of aromatic nitrogens is 2. The van der Waals surface area contributed by atoms with Gasteiger partial charge in [0.2, 0.25) is 0 Å². The topological polar surface area (TPSA) is 62.2 Å². The lowest BCUT2D eigenvalue weighted by Gasteiger charge is -2.19. The largest absolute Gasteiger partial charge is 0.370 e. The molecule has 0 spiro atoms. The van der Waals surface area contributed by atoms with Crippen LogP contribution in [0.5, 0.6) is 0 Å². The van der Waals surface area contributed by atoms with Crippen molar-refractivity contribution in [3.05, 3.63) is 45.4 Å². The summed E-state index contributed by atoms with van der Waals surface area (Å²) in [6.45, 7) is 4.44. The molecule has 2 atom stereocenters. The maximum Gasteiger partial charge on any atom is 0.274 e. The molecule has 0 amide bonds. The molecule has 7 heteroatoms. The van der Waals surface area contributed by atoms with Gasteiger partial charge in [0.1, 0.15) is 11.5 Å². The number of nitrogens with zero attached hydrogens (tertiary/aromatic N) is 3. The summed E-state index contributed by atoms with van der Waals surface area (Å²) in [6, 6.07) is 5.78. The van der Waals surface area contributed by atoms with E-state index in [9.17, 15) is 4.79 Å². The number of hydrogen-bond donors (Lipinski definition) is 2. The molecule has 2 N–H and O–H groups in total. The minimum atomic E-state index is -0.0797. The highest BCUT2D eigenvalue weighted by Gasteiger charge is 2.36. The zero-order valence-electron chi connectivity index (χ0n) is 13.5. The summed E-state index contributed by atoms with van der Waals surface area (Å²) in [5.41, 5.74) is 1.58. The van der Waals surface area contributed by atoms with Crippen molar-refractivity contribution in [1.82, 2.24) is 14.9 Å². The maximum atomic E-state index is 12.2. The van der Waals surface area contributed by atoms with Gasteiger partial charge in [0.25, 0.3) is 5.56 Å². The van der Waals surface area contributed by atoms with E-state index in [0.29, 0.717) is 11.5 Å². The van der Waals surface area contributed by atoms with Crippen LogP contribution in [-0.4, -0.2) is 35.7 Å². The molecule has 4 heterocycles. The molecule has 2 aromatic heterocycles. The van der Waals surface area contributed by atoms with Crippen LogP contribution in [0.4, 0.5) is 17.2 Å². The van der Waals surface area contributed by atoms with Crippen molar-refractivity contribution >= 4 is 33.1 Å². The molecule has 2 aromatic rings. The van der Waals surface area contributed by atoms with Crippen LogP contribution in [0.15, 0.2) is 39.9 Å². The van der Waals surface area contributed by atoms with E-state index in [1.165, 1.54) is 4.57 Å². The molecular weight excluding hydrogens is 370 g/mol. The number of halogens is 1. The van der Waals surface area contributed by atoms with Crippen molar-refractivity contribution in [2.45, 2.75) is 0 Å². The molecule has 2 aliphatic heterocycles. The second kappa shape index (κ2) is 6.22. The summed E-state index contributed by atoms with van der Waals surface area (Å²) in [5.74, 6) is 2.19. The Labute approximate surface area is 149 Å². The molecule has 0 radical (unpaired) electrons.